The smallest absolute Gasteiger partial charge is 0.0963 e. The topological polar surface area (TPSA) is 53.1 Å². The molecule has 0 saturated heterocycles. The van der Waals surface area contributed by atoms with Crippen molar-refractivity contribution in [1.82, 2.24) is 4.90 Å². The molecular formula is C13H29N3. The van der Waals surface area contributed by atoms with E-state index in [0.717, 1.165) is 38.4 Å². The Balaban J connectivity index is 3.91. The molecule has 3 N–H and O–H groups in total. The lowest BCUT2D eigenvalue weighted by molar-refractivity contribution is 0.242. The Morgan fingerprint density at radius 1 is 1.38 bits per heavy atom. The molecule has 0 radical (unpaired) electrons. The molecule has 0 aliphatic carbocycles. The van der Waals surface area contributed by atoms with Crippen LogP contribution in [-0.2, 0) is 0 Å². The molecule has 0 rings (SSSR count). The van der Waals surface area contributed by atoms with E-state index in [9.17, 15) is 0 Å². The fraction of sp³-hybridized carbons (Fsp3) is 0.923. The Kier molecular flexibility index (Phi) is 6.65. The van der Waals surface area contributed by atoms with Crippen LogP contribution < -0.4 is 5.73 Å². The number of amidine groups is 1. The summed E-state index contributed by atoms with van der Waals surface area (Å²) in [5.41, 5.74) is 5.43. The summed E-state index contributed by atoms with van der Waals surface area (Å²) in [6.45, 7) is 14.2. The van der Waals surface area contributed by atoms with E-state index in [0.29, 0.717) is 5.84 Å². The third kappa shape index (κ3) is 6.11. The van der Waals surface area contributed by atoms with E-state index in [1.54, 1.807) is 0 Å². The molecule has 0 aromatic rings. The lowest BCUT2D eigenvalue weighted by Gasteiger charge is -2.26. The van der Waals surface area contributed by atoms with Crippen molar-refractivity contribution in [1.29, 1.82) is 5.41 Å². The maximum Gasteiger partial charge on any atom is 0.0963 e. The Hall–Kier alpha value is -0.570. The SMILES string of the molecule is CCN(CCCC(C)(C)C(=N)N)CC(C)C. The lowest BCUT2D eigenvalue weighted by Crippen LogP contribution is -2.33. The quantitative estimate of drug-likeness (QED) is 0.495. The molecule has 0 heterocycles. The summed E-state index contributed by atoms with van der Waals surface area (Å²) in [5.74, 6) is 1.03. The highest BCUT2D eigenvalue weighted by Crippen LogP contribution is 2.21. The number of nitrogens with two attached hydrogens (primary N) is 1. The average Bonchev–Trinajstić information content (AvgIpc) is 2.15. The van der Waals surface area contributed by atoms with Gasteiger partial charge in [-0.1, -0.05) is 34.6 Å². The highest BCUT2D eigenvalue weighted by molar-refractivity contribution is 5.82. The Bertz CT molecular complexity index is 209. The summed E-state index contributed by atoms with van der Waals surface area (Å²) >= 11 is 0. The molecule has 96 valence electrons. The molecule has 0 fully saturated rings. The van der Waals surface area contributed by atoms with Gasteiger partial charge in [0.1, 0.15) is 0 Å². The molecule has 0 aliphatic rings. The minimum Gasteiger partial charge on any atom is -0.387 e. The van der Waals surface area contributed by atoms with Crippen molar-refractivity contribution in [3.8, 4) is 0 Å². The van der Waals surface area contributed by atoms with Gasteiger partial charge in [-0.05, 0) is 31.8 Å². The summed E-state index contributed by atoms with van der Waals surface area (Å²) in [5, 5.41) is 7.50. The first-order valence-corrected chi connectivity index (χ1v) is 6.36. The molecule has 0 spiro atoms. The summed E-state index contributed by atoms with van der Waals surface area (Å²) in [4.78, 5) is 2.47. The number of nitrogens with zero attached hydrogens (tertiary/aromatic N) is 1. The van der Waals surface area contributed by atoms with Crippen molar-refractivity contribution in [2.24, 2.45) is 17.1 Å². The zero-order chi connectivity index (χ0) is 12.8. The van der Waals surface area contributed by atoms with Crippen LogP contribution in [0, 0.1) is 16.7 Å². The maximum absolute atomic E-state index is 7.50. The monoisotopic (exact) mass is 227 g/mol. The van der Waals surface area contributed by atoms with Gasteiger partial charge in [-0.15, -0.1) is 0 Å². The number of hydrogen-bond donors (Lipinski definition) is 2. The van der Waals surface area contributed by atoms with Crippen LogP contribution in [0.2, 0.25) is 0 Å². The van der Waals surface area contributed by atoms with E-state index in [2.05, 4.69) is 25.7 Å². The molecule has 16 heavy (non-hydrogen) atoms. The van der Waals surface area contributed by atoms with Crippen LogP contribution in [0.5, 0.6) is 0 Å². The largest absolute Gasteiger partial charge is 0.387 e. The van der Waals surface area contributed by atoms with E-state index in [-0.39, 0.29) is 5.41 Å². The van der Waals surface area contributed by atoms with E-state index in [4.69, 9.17) is 11.1 Å². The fourth-order valence-electron chi connectivity index (χ4n) is 1.77. The van der Waals surface area contributed by atoms with Gasteiger partial charge in [0.15, 0.2) is 0 Å². The van der Waals surface area contributed by atoms with E-state index >= 15 is 0 Å². The molecule has 0 aromatic heterocycles. The van der Waals surface area contributed by atoms with Crippen molar-refractivity contribution in [2.45, 2.75) is 47.5 Å². The van der Waals surface area contributed by atoms with Gasteiger partial charge >= 0.3 is 0 Å². The summed E-state index contributed by atoms with van der Waals surface area (Å²) < 4.78 is 0. The van der Waals surface area contributed by atoms with Crippen molar-refractivity contribution < 1.29 is 0 Å². The summed E-state index contributed by atoms with van der Waals surface area (Å²) in [6, 6.07) is 0. The zero-order valence-corrected chi connectivity index (χ0v) is 11.6. The van der Waals surface area contributed by atoms with E-state index in [1.807, 2.05) is 13.8 Å². The number of nitrogens with one attached hydrogen (secondary N) is 1. The van der Waals surface area contributed by atoms with Gasteiger partial charge in [0, 0.05) is 12.0 Å². The van der Waals surface area contributed by atoms with Crippen LogP contribution in [0.3, 0.4) is 0 Å². The molecule has 0 atom stereocenters. The first-order valence-electron chi connectivity index (χ1n) is 6.36. The van der Waals surface area contributed by atoms with Gasteiger partial charge in [0.25, 0.3) is 0 Å². The minimum atomic E-state index is -0.142. The van der Waals surface area contributed by atoms with E-state index in [1.165, 1.54) is 0 Å². The molecule has 0 aromatic carbocycles. The Morgan fingerprint density at radius 2 is 1.94 bits per heavy atom. The van der Waals surface area contributed by atoms with Gasteiger partial charge in [-0.2, -0.15) is 0 Å². The van der Waals surface area contributed by atoms with Gasteiger partial charge in [0.05, 0.1) is 5.84 Å². The lowest BCUT2D eigenvalue weighted by atomic mass is 9.86. The predicted octanol–water partition coefficient (Wildman–Crippen LogP) is 2.71. The molecule has 0 saturated carbocycles. The standard InChI is InChI=1S/C13H29N3/c1-6-16(10-11(2)3)9-7-8-13(4,5)12(14)15/h11H,6-10H2,1-5H3,(H3,14,15). The fourth-order valence-corrected chi connectivity index (χ4v) is 1.77. The normalized spacial score (nSPS) is 12.4. The number of hydrogen-bond acceptors (Lipinski definition) is 2. The second-order valence-corrected chi connectivity index (χ2v) is 5.69. The van der Waals surface area contributed by atoms with E-state index < -0.39 is 0 Å². The Labute approximate surface area is 101 Å². The summed E-state index contributed by atoms with van der Waals surface area (Å²) in [6.07, 6.45) is 2.12. The second kappa shape index (κ2) is 6.89. The predicted molar refractivity (Wildman–Crippen MR) is 71.9 cm³/mol. The minimum absolute atomic E-state index is 0.142. The summed E-state index contributed by atoms with van der Waals surface area (Å²) in [7, 11) is 0. The first kappa shape index (κ1) is 15.4. The highest BCUT2D eigenvalue weighted by atomic mass is 15.1. The average molecular weight is 227 g/mol. The highest BCUT2D eigenvalue weighted by Gasteiger charge is 2.21. The first-order chi connectivity index (χ1) is 7.29. The van der Waals surface area contributed by atoms with Gasteiger partial charge < -0.3 is 10.6 Å². The van der Waals surface area contributed by atoms with Gasteiger partial charge in [0.2, 0.25) is 0 Å². The number of rotatable bonds is 8. The zero-order valence-electron chi connectivity index (χ0n) is 11.6. The molecule has 0 bridgehead atoms. The molecule has 0 unspecified atom stereocenters. The van der Waals surface area contributed by atoms with Crippen LogP contribution >= 0.6 is 0 Å². The van der Waals surface area contributed by atoms with Crippen molar-refractivity contribution in [3.05, 3.63) is 0 Å². The van der Waals surface area contributed by atoms with Crippen molar-refractivity contribution >= 4 is 5.84 Å². The molecule has 3 nitrogen and oxygen atoms in total. The van der Waals surface area contributed by atoms with Crippen LogP contribution in [0.25, 0.3) is 0 Å². The Morgan fingerprint density at radius 3 is 2.31 bits per heavy atom. The molecular weight excluding hydrogens is 198 g/mol. The van der Waals surface area contributed by atoms with Gasteiger partial charge in [-0.3, -0.25) is 5.41 Å². The van der Waals surface area contributed by atoms with Crippen LogP contribution in [0.4, 0.5) is 0 Å². The van der Waals surface area contributed by atoms with Gasteiger partial charge in [-0.25, -0.2) is 0 Å². The second-order valence-electron chi connectivity index (χ2n) is 5.69. The third-order valence-corrected chi connectivity index (χ3v) is 3.08. The molecule has 0 amide bonds. The van der Waals surface area contributed by atoms with Crippen LogP contribution in [0.15, 0.2) is 0 Å². The molecule has 0 aliphatic heterocycles. The van der Waals surface area contributed by atoms with Crippen LogP contribution in [0.1, 0.15) is 47.5 Å². The third-order valence-electron chi connectivity index (χ3n) is 3.08. The maximum atomic E-state index is 7.50. The molecule has 3 heteroatoms. The van der Waals surface area contributed by atoms with Crippen molar-refractivity contribution in [3.63, 3.8) is 0 Å². The van der Waals surface area contributed by atoms with Crippen molar-refractivity contribution in [2.75, 3.05) is 19.6 Å². The van der Waals surface area contributed by atoms with Crippen LogP contribution in [-0.4, -0.2) is 30.4 Å².